The second-order valence-corrected chi connectivity index (χ2v) is 2.98. The molecule has 0 unspecified atom stereocenters. The zero-order valence-corrected chi connectivity index (χ0v) is 7.42. The molecule has 0 aliphatic rings. The zero-order chi connectivity index (χ0) is 8.97. The molecule has 2 N–H and O–H groups in total. The second kappa shape index (κ2) is 4.11. The van der Waals surface area contributed by atoms with Crippen LogP contribution in [-0.2, 0) is 11.2 Å². The van der Waals surface area contributed by atoms with E-state index in [-0.39, 0.29) is 5.12 Å². The predicted molar refractivity (Wildman–Crippen MR) is 51.0 cm³/mol. The molecule has 0 aliphatic heterocycles. The van der Waals surface area contributed by atoms with Gasteiger partial charge in [0.1, 0.15) is 5.82 Å². The first kappa shape index (κ1) is 9.06. The Labute approximate surface area is 76.4 Å². The first-order valence-corrected chi connectivity index (χ1v) is 4.05. The van der Waals surface area contributed by atoms with E-state index in [0.29, 0.717) is 18.7 Å². The van der Waals surface area contributed by atoms with Gasteiger partial charge in [-0.25, -0.2) is 4.98 Å². The van der Waals surface area contributed by atoms with E-state index in [1.807, 2.05) is 6.07 Å². The monoisotopic (exact) mass is 182 g/mol. The fraction of sp³-hybridized carbons (Fsp3) is 0.250. The summed E-state index contributed by atoms with van der Waals surface area (Å²) in [4.78, 5) is 14.4. The summed E-state index contributed by atoms with van der Waals surface area (Å²) in [6.45, 7) is 0. The summed E-state index contributed by atoms with van der Waals surface area (Å²) in [6, 6.07) is 3.58. The number of carbonyl (C=O) groups excluding carboxylic acids is 1. The van der Waals surface area contributed by atoms with Crippen LogP contribution in [0.1, 0.15) is 12.0 Å². The Morgan fingerprint density at radius 3 is 2.83 bits per heavy atom. The molecule has 12 heavy (non-hydrogen) atoms. The molecule has 4 heteroatoms. The zero-order valence-electron chi connectivity index (χ0n) is 6.53. The van der Waals surface area contributed by atoms with Gasteiger partial charge in [0.2, 0.25) is 0 Å². The summed E-state index contributed by atoms with van der Waals surface area (Å²) in [5, 5.41) is -0.105. The molecule has 0 amide bonds. The van der Waals surface area contributed by atoms with Crippen LogP contribution in [-0.4, -0.2) is 10.1 Å². The number of nitrogens with zero attached hydrogens (tertiary/aromatic N) is 1. The Morgan fingerprint density at radius 2 is 2.33 bits per heavy atom. The lowest BCUT2D eigenvalue weighted by molar-refractivity contribution is -0.110. The molecule has 1 heterocycles. The number of thiol groups is 1. The molecular formula is C8H10N2OS. The number of nitrogens with two attached hydrogens (primary N) is 1. The van der Waals surface area contributed by atoms with Crippen LogP contribution >= 0.6 is 12.6 Å². The smallest absolute Gasteiger partial charge is 0.186 e. The lowest BCUT2D eigenvalue weighted by atomic mass is 10.2. The quantitative estimate of drug-likeness (QED) is 0.687. The Balaban J connectivity index is 2.53. The highest BCUT2D eigenvalue weighted by molar-refractivity contribution is 7.96. The third kappa shape index (κ3) is 2.92. The molecule has 1 rings (SSSR count). The van der Waals surface area contributed by atoms with E-state index in [2.05, 4.69) is 17.6 Å². The Morgan fingerprint density at radius 1 is 1.58 bits per heavy atom. The van der Waals surface area contributed by atoms with Crippen LogP contribution in [0.3, 0.4) is 0 Å². The van der Waals surface area contributed by atoms with Crippen LogP contribution in [0.15, 0.2) is 18.3 Å². The summed E-state index contributed by atoms with van der Waals surface area (Å²) in [5.74, 6) is 0.496. The van der Waals surface area contributed by atoms with E-state index < -0.39 is 0 Å². The van der Waals surface area contributed by atoms with Crippen molar-refractivity contribution < 1.29 is 4.79 Å². The highest BCUT2D eigenvalue weighted by Crippen LogP contribution is 2.04. The van der Waals surface area contributed by atoms with Gasteiger partial charge in [-0.3, -0.25) is 4.79 Å². The van der Waals surface area contributed by atoms with Crippen LogP contribution in [0.4, 0.5) is 5.82 Å². The minimum atomic E-state index is -0.105. The maximum Gasteiger partial charge on any atom is 0.186 e. The molecule has 0 saturated carbocycles. The molecule has 3 nitrogen and oxygen atoms in total. The molecule has 0 aliphatic carbocycles. The lowest BCUT2D eigenvalue weighted by Crippen LogP contribution is -1.94. The van der Waals surface area contributed by atoms with Crippen molar-refractivity contribution in [1.82, 2.24) is 4.98 Å². The second-order valence-electron chi connectivity index (χ2n) is 2.49. The molecule has 0 atom stereocenters. The van der Waals surface area contributed by atoms with Crippen molar-refractivity contribution in [1.29, 1.82) is 0 Å². The molecule has 0 spiro atoms. The highest BCUT2D eigenvalue weighted by Gasteiger charge is 1.97. The predicted octanol–water partition coefficient (Wildman–Crippen LogP) is 1.05. The number of aromatic nitrogens is 1. The molecule has 0 aromatic carbocycles. The van der Waals surface area contributed by atoms with E-state index in [1.54, 1.807) is 12.3 Å². The van der Waals surface area contributed by atoms with Gasteiger partial charge in [-0.15, -0.1) is 12.6 Å². The molecule has 1 aromatic heterocycles. The number of nitrogen functional groups attached to an aromatic ring is 1. The highest BCUT2D eigenvalue weighted by atomic mass is 32.1. The molecule has 0 radical (unpaired) electrons. The number of carbonyl (C=O) groups is 1. The normalized spacial score (nSPS) is 9.75. The maximum atomic E-state index is 10.5. The summed E-state index contributed by atoms with van der Waals surface area (Å²) in [6.07, 6.45) is 2.79. The van der Waals surface area contributed by atoms with Crippen molar-refractivity contribution in [3.63, 3.8) is 0 Å². The van der Waals surface area contributed by atoms with Crippen molar-refractivity contribution in [2.24, 2.45) is 0 Å². The first-order chi connectivity index (χ1) is 5.68. The Hall–Kier alpha value is -1.03. The molecule has 0 fully saturated rings. The van der Waals surface area contributed by atoms with E-state index in [9.17, 15) is 4.79 Å². The molecule has 0 saturated heterocycles. The van der Waals surface area contributed by atoms with Crippen molar-refractivity contribution >= 4 is 23.6 Å². The van der Waals surface area contributed by atoms with E-state index in [1.165, 1.54) is 0 Å². The van der Waals surface area contributed by atoms with Gasteiger partial charge in [0.25, 0.3) is 0 Å². The number of anilines is 1. The Kier molecular flexibility index (Phi) is 3.10. The van der Waals surface area contributed by atoms with Crippen molar-refractivity contribution in [3.05, 3.63) is 23.9 Å². The number of hydrogen-bond donors (Lipinski definition) is 2. The molecular weight excluding hydrogens is 172 g/mol. The topological polar surface area (TPSA) is 56.0 Å². The summed E-state index contributed by atoms with van der Waals surface area (Å²) in [7, 11) is 0. The molecule has 64 valence electrons. The Bertz CT molecular complexity index is 271. The van der Waals surface area contributed by atoms with Gasteiger partial charge in [-0.05, 0) is 18.1 Å². The largest absolute Gasteiger partial charge is 0.384 e. The fourth-order valence-corrected chi connectivity index (χ4v) is 0.947. The summed E-state index contributed by atoms with van der Waals surface area (Å²) >= 11 is 3.66. The fourth-order valence-electron chi connectivity index (χ4n) is 0.835. The van der Waals surface area contributed by atoms with E-state index in [0.717, 1.165) is 5.56 Å². The van der Waals surface area contributed by atoms with Gasteiger partial charge in [0, 0.05) is 12.6 Å². The van der Waals surface area contributed by atoms with Gasteiger partial charge in [-0.2, -0.15) is 0 Å². The third-order valence-electron chi connectivity index (χ3n) is 1.48. The number of rotatable bonds is 3. The summed E-state index contributed by atoms with van der Waals surface area (Å²) < 4.78 is 0. The first-order valence-electron chi connectivity index (χ1n) is 3.60. The number of aryl methyl sites for hydroxylation is 1. The van der Waals surface area contributed by atoms with Gasteiger partial charge in [0.05, 0.1) is 0 Å². The van der Waals surface area contributed by atoms with Crippen LogP contribution in [0.2, 0.25) is 0 Å². The maximum absolute atomic E-state index is 10.5. The average molecular weight is 182 g/mol. The third-order valence-corrected chi connectivity index (χ3v) is 1.70. The van der Waals surface area contributed by atoms with Crippen LogP contribution < -0.4 is 5.73 Å². The minimum Gasteiger partial charge on any atom is -0.384 e. The van der Waals surface area contributed by atoms with Gasteiger partial charge < -0.3 is 5.73 Å². The number of hydrogen-bond acceptors (Lipinski definition) is 3. The van der Waals surface area contributed by atoms with Gasteiger partial charge in [0.15, 0.2) is 5.12 Å². The molecule has 1 aromatic rings. The molecule has 0 bridgehead atoms. The standard InChI is InChI=1S/C8H10N2OS/c9-7-3-1-6(5-10-7)2-4-8(11)12/h1,3,5H,2,4H2,(H2,9,10)(H,11,12). The van der Waals surface area contributed by atoms with Crippen molar-refractivity contribution in [2.75, 3.05) is 5.73 Å². The van der Waals surface area contributed by atoms with E-state index in [4.69, 9.17) is 5.73 Å². The van der Waals surface area contributed by atoms with Crippen LogP contribution in [0, 0.1) is 0 Å². The summed E-state index contributed by atoms with van der Waals surface area (Å²) in [5.41, 5.74) is 6.40. The van der Waals surface area contributed by atoms with Gasteiger partial charge >= 0.3 is 0 Å². The lowest BCUT2D eigenvalue weighted by Gasteiger charge is -1.97. The average Bonchev–Trinajstić information content (AvgIpc) is 2.03. The SMILES string of the molecule is Nc1ccc(CCC(=O)S)cn1. The van der Waals surface area contributed by atoms with Crippen molar-refractivity contribution in [2.45, 2.75) is 12.8 Å². The van der Waals surface area contributed by atoms with Crippen molar-refractivity contribution in [3.8, 4) is 0 Å². The minimum absolute atomic E-state index is 0.105. The van der Waals surface area contributed by atoms with Gasteiger partial charge in [-0.1, -0.05) is 6.07 Å². The van der Waals surface area contributed by atoms with Crippen LogP contribution in [0.25, 0.3) is 0 Å². The van der Waals surface area contributed by atoms with Crippen LogP contribution in [0.5, 0.6) is 0 Å². The number of pyridine rings is 1. The van der Waals surface area contributed by atoms with E-state index >= 15 is 0 Å².